The zero-order chi connectivity index (χ0) is 18.4. The molecule has 130 valence electrons. The first-order valence-corrected chi connectivity index (χ1v) is 8.54. The number of ketones is 1. The van der Waals surface area contributed by atoms with Crippen molar-refractivity contribution in [3.8, 4) is 0 Å². The molecule has 1 amide bonds. The normalized spacial score (nSPS) is 13.8. The van der Waals surface area contributed by atoms with Gasteiger partial charge in [-0.25, -0.2) is 0 Å². The van der Waals surface area contributed by atoms with Gasteiger partial charge in [-0.05, 0) is 49.1 Å². The van der Waals surface area contributed by atoms with Crippen LogP contribution in [0.15, 0.2) is 47.3 Å². The van der Waals surface area contributed by atoms with Crippen molar-refractivity contribution in [2.45, 2.75) is 20.3 Å². The van der Waals surface area contributed by atoms with E-state index in [0.717, 1.165) is 22.0 Å². The van der Waals surface area contributed by atoms with Crippen molar-refractivity contribution in [3.63, 3.8) is 0 Å². The largest absolute Gasteiger partial charge is 0.321 e. The quantitative estimate of drug-likeness (QED) is 0.734. The Bertz CT molecular complexity index is 1130. The molecule has 5 nitrogen and oxygen atoms in total. The van der Waals surface area contributed by atoms with Gasteiger partial charge < -0.3 is 9.88 Å². The summed E-state index contributed by atoms with van der Waals surface area (Å²) < 4.78 is 0. The second kappa shape index (κ2) is 5.95. The number of nitrogens with one attached hydrogen (secondary N) is 1. The molecule has 1 aliphatic rings. The van der Waals surface area contributed by atoms with Crippen molar-refractivity contribution in [1.82, 2.24) is 4.98 Å². The molecule has 5 heteroatoms. The number of pyridine rings is 1. The number of hydrogen-bond donors (Lipinski definition) is 1. The zero-order valence-corrected chi connectivity index (χ0v) is 14.6. The third-order valence-corrected chi connectivity index (χ3v) is 4.83. The monoisotopic (exact) mass is 346 g/mol. The topological polar surface area (TPSA) is 70.2 Å². The maximum atomic E-state index is 13.1. The van der Waals surface area contributed by atoms with Crippen LogP contribution in [0.5, 0.6) is 0 Å². The Labute approximate surface area is 150 Å². The Hall–Kier alpha value is -3.21. The van der Waals surface area contributed by atoms with E-state index < -0.39 is 5.56 Å². The number of nitrogens with zero attached hydrogens (tertiary/aromatic N) is 1. The Morgan fingerprint density at radius 1 is 1.08 bits per heavy atom. The van der Waals surface area contributed by atoms with Crippen LogP contribution >= 0.6 is 0 Å². The molecule has 0 aliphatic carbocycles. The van der Waals surface area contributed by atoms with Gasteiger partial charge in [0, 0.05) is 18.5 Å². The molecular formula is C21H18N2O3. The number of rotatable bonds is 1. The molecule has 0 radical (unpaired) electrons. The lowest BCUT2D eigenvalue weighted by atomic mass is 9.99. The SMILES string of the molecule is Cc1cc(C)c2[nH]c(=O)c(C(=O)N3CCC(=O)c4ccccc43)cc2c1. The van der Waals surface area contributed by atoms with Gasteiger partial charge in [-0.2, -0.15) is 0 Å². The van der Waals surface area contributed by atoms with E-state index in [1.807, 2.05) is 26.0 Å². The van der Waals surface area contributed by atoms with Crippen LogP contribution in [0.3, 0.4) is 0 Å². The second-order valence-electron chi connectivity index (χ2n) is 6.71. The summed E-state index contributed by atoms with van der Waals surface area (Å²) in [4.78, 5) is 42.1. The number of anilines is 1. The first-order valence-electron chi connectivity index (χ1n) is 8.54. The number of H-pyrrole nitrogens is 1. The highest BCUT2D eigenvalue weighted by molar-refractivity contribution is 6.13. The second-order valence-corrected chi connectivity index (χ2v) is 6.71. The molecule has 4 rings (SSSR count). The minimum Gasteiger partial charge on any atom is -0.321 e. The van der Waals surface area contributed by atoms with Gasteiger partial charge in [-0.3, -0.25) is 14.4 Å². The van der Waals surface area contributed by atoms with Gasteiger partial charge in [0.25, 0.3) is 11.5 Å². The number of Topliss-reactive ketones (excluding diaryl/α,β-unsaturated/α-hetero) is 1. The first kappa shape index (κ1) is 16.3. The molecule has 0 fully saturated rings. The number of aromatic nitrogens is 1. The highest BCUT2D eigenvalue weighted by atomic mass is 16.2. The summed E-state index contributed by atoms with van der Waals surface area (Å²) in [6.45, 7) is 4.18. The van der Waals surface area contributed by atoms with E-state index in [-0.39, 0.29) is 30.2 Å². The van der Waals surface area contributed by atoms with Crippen molar-refractivity contribution < 1.29 is 9.59 Å². The van der Waals surface area contributed by atoms with Crippen LogP contribution in [0.4, 0.5) is 5.69 Å². The van der Waals surface area contributed by atoms with Crippen molar-refractivity contribution in [1.29, 1.82) is 0 Å². The average molecular weight is 346 g/mol. The number of carbonyl (C=O) groups excluding carboxylic acids is 2. The minimum atomic E-state index is -0.413. The van der Waals surface area contributed by atoms with E-state index in [0.29, 0.717) is 11.3 Å². The van der Waals surface area contributed by atoms with Crippen LogP contribution in [-0.4, -0.2) is 23.2 Å². The summed E-state index contributed by atoms with van der Waals surface area (Å²) in [6.07, 6.45) is 0.256. The number of fused-ring (bicyclic) bond motifs is 2. The van der Waals surface area contributed by atoms with E-state index in [9.17, 15) is 14.4 Å². The van der Waals surface area contributed by atoms with Crippen LogP contribution in [0, 0.1) is 13.8 Å². The molecule has 0 atom stereocenters. The summed E-state index contributed by atoms with van der Waals surface area (Å²) in [5.74, 6) is -0.365. The molecule has 0 saturated heterocycles. The molecule has 2 heterocycles. The molecule has 3 aromatic rings. The predicted octanol–water partition coefficient (Wildman–Crippen LogP) is 3.38. The first-order chi connectivity index (χ1) is 12.5. The number of para-hydroxylation sites is 1. The third-order valence-electron chi connectivity index (χ3n) is 4.83. The molecule has 0 unspecified atom stereocenters. The fourth-order valence-electron chi connectivity index (χ4n) is 3.62. The number of aromatic amines is 1. The third kappa shape index (κ3) is 2.52. The summed E-state index contributed by atoms with van der Waals surface area (Å²) in [5.41, 5.74) is 3.53. The smallest absolute Gasteiger partial charge is 0.263 e. The van der Waals surface area contributed by atoms with Crippen LogP contribution in [0.1, 0.15) is 38.3 Å². The van der Waals surface area contributed by atoms with E-state index in [4.69, 9.17) is 0 Å². The number of carbonyl (C=O) groups is 2. The molecule has 26 heavy (non-hydrogen) atoms. The van der Waals surface area contributed by atoms with E-state index in [1.165, 1.54) is 4.90 Å². The molecular weight excluding hydrogens is 328 g/mol. The van der Waals surface area contributed by atoms with Crippen LogP contribution in [-0.2, 0) is 0 Å². The summed E-state index contributed by atoms with van der Waals surface area (Å²) in [7, 11) is 0. The van der Waals surface area contributed by atoms with Crippen molar-refractivity contribution in [3.05, 3.63) is 75.1 Å². The van der Waals surface area contributed by atoms with Crippen LogP contribution < -0.4 is 10.5 Å². The van der Waals surface area contributed by atoms with Gasteiger partial charge in [0.15, 0.2) is 5.78 Å². The molecule has 0 spiro atoms. The lowest BCUT2D eigenvalue weighted by Gasteiger charge is -2.28. The van der Waals surface area contributed by atoms with E-state index >= 15 is 0 Å². The molecule has 0 bridgehead atoms. The van der Waals surface area contributed by atoms with Gasteiger partial charge in [-0.1, -0.05) is 23.8 Å². The van der Waals surface area contributed by atoms with Gasteiger partial charge in [-0.15, -0.1) is 0 Å². The predicted molar refractivity (Wildman–Crippen MR) is 101 cm³/mol. The fourth-order valence-corrected chi connectivity index (χ4v) is 3.62. The van der Waals surface area contributed by atoms with Gasteiger partial charge >= 0.3 is 0 Å². The summed E-state index contributed by atoms with van der Waals surface area (Å²) in [6, 6.07) is 12.6. The lowest BCUT2D eigenvalue weighted by molar-refractivity contribution is 0.0954. The standard InChI is InChI=1S/C21H18N2O3/c1-12-9-13(2)19-14(10-12)11-16(20(25)22-19)21(26)23-8-7-18(24)15-5-3-4-6-17(15)23/h3-6,9-11H,7-8H2,1-2H3,(H,22,25). The van der Waals surface area contributed by atoms with Crippen molar-refractivity contribution in [2.75, 3.05) is 11.4 Å². The maximum absolute atomic E-state index is 13.1. The van der Waals surface area contributed by atoms with Crippen molar-refractivity contribution in [2.24, 2.45) is 0 Å². The number of benzene rings is 2. The van der Waals surface area contributed by atoms with Crippen LogP contribution in [0.25, 0.3) is 10.9 Å². The van der Waals surface area contributed by atoms with Gasteiger partial charge in [0.1, 0.15) is 5.56 Å². The molecule has 1 aliphatic heterocycles. The minimum absolute atomic E-state index is 0.0170. The Morgan fingerprint density at radius 3 is 2.65 bits per heavy atom. The zero-order valence-electron chi connectivity index (χ0n) is 14.6. The molecule has 0 saturated carbocycles. The van der Waals surface area contributed by atoms with Gasteiger partial charge in [0.2, 0.25) is 0 Å². The van der Waals surface area contributed by atoms with E-state index in [2.05, 4.69) is 4.98 Å². The number of hydrogen-bond acceptors (Lipinski definition) is 3. The van der Waals surface area contributed by atoms with Gasteiger partial charge in [0.05, 0.1) is 11.2 Å². The Morgan fingerprint density at radius 2 is 1.85 bits per heavy atom. The summed E-state index contributed by atoms with van der Waals surface area (Å²) >= 11 is 0. The highest BCUT2D eigenvalue weighted by Gasteiger charge is 2.29. The van der Waals surface area contributed by atoms with E-state index in [1.54, 1.807) is 30.3 Å². The molecule has 2 aromatic carbocycles. The summed E-state index contributed by atoms with van der Waals surface area (Å²) in [5, 5.41) is 0.826. The molecule has 1 N–H and O–H groups in total. The Balaban J connectivity index is 1.85. The maximum Gasteiger partial charge on any atom is 0.263 e. The van der Waals surface area contributed by atoms with Crippen molar-refractivity contribution >= 4 is 28.3 Å². The van der Waals surface area contributed by atoms with Crippen LogP contribution in [0.2, 0.25) is 0 Å². The molecule has 1 aromatic heterocycles. The number of aryl methyl sites for hydroxylation is 2. The number of amides is 1. The fraction of sp³-hybridized carbons (Fsp3) is 0.190. The Kier molecular flexibility index (Phi) is 3.72. The average Bonchev–Trinajstić information content (AvgIpc) is 2.62. The highest BCUT2D eigenvalue weighted by Crippen LogP contribution is 2.28. The lowest BCUT2D eigenvalue weighted by Crippen LogP contribution is -2.39.